The third-order valence-corrected chi connectivity index (χ3v) is 17.0. The maximum Gasteiger partial charge on any atom is 0.409 e. The van der Waals surface area contributed by atoms with Crippen molar-refractivity contribution in [3.8, 4) is 23.0 Å². The van der Waals surface area contributed by atoms with E-state index in [1.54, 1.807) is 47.8 Å². The zero-order chi connectivity index (χ0) is 55.2. The van der Waals surface area contributed by atoms with Crippen molar-refractivity contribution in [2.75, 3.05) is 71.3 Å². The quantitative estimate of drug-likeness (QED) is 0.0523. The molecule has 19 nitrogen and oxygen atoms in total. The number of halogens is 2. The van der Waals surface area contributed by atoms with Crippen LogP contribution in [0.4, 0.5) is 19.4 Å². The van der Waals surface area contributed by atoms with Gasteiger partial charge in [0.2, 0.25) is 11.8 Å². The number of ether oxygens (including phenoxy) is 5. The highest BCUT2D eigenvalue weighted by atomic mass is 19.1. The molecule has 5 aliphatic rings. The summed E-state index contributed by atoms with van der Waals surface area (Å²) in [5, 5.41) is 15.1. The number of carbonyl (C=O) groups is 3. The van der Waals surface area contributed by atoms with Gasteiger partial charge in [0.1, 0.15) is 47.9 Å². The summed E-state index contributed by atoms with van der Waals surface area (Å²) < 4.78 is 65.9. The molecule has 0 radical (unpaired) electrons. The SMILES string of the molecule is CCc1c(F)ccc2cc(OCOC)cc(-c3ncc4c(N5CCC[C@@](C)(O)C5)nc(OC[C@@]56CCCN5[C@H](COC(=O)N5CCC(OCCCc7cccc8c7n(C)c(=O)n8C7CCC(=O)NC7=O)CC5)CC6)nc4c3F)c12. The van der Waals surface area contributed by atoms with Crippen molar-refractivity contribution in [2.24, 2.45) is 7.05 Å². The number of aromatic nitrogens is 5. The van der Waals surface area contributed by atoms with Gasteiger partial charge in [0.25, 0.3) is 0 Å². The molecule has 8 heterocycles. The van der Waals surface area contributed by atoms with Gasteiger partial charge >= 0.3 is 17.8 Å². The van der Waals surface area contributed by atoms with Crippen molar-refractivity contribution in [3.63, 3.8) is 0 Å². The van der Waals surface area contributed by atoms with Crippen LogP contribution in [-0.2, 0) is 43.7 Å². The number of imidazole rings is 1. The second-order valence-corrected chi connectivity index (χ2v) is 22.2. The molecule has 4 atom stereocenters. The summed E-state index contributed by atoms with van der Waals surface area (Å²) in [6.07, 6.45) is 9.35. The van der Waals surface area contributed by atoms with E-state index in [9.17, 15) is 24.3 Å². The number of imide groups is 1. The van der Waals surface area contributed by atoms with Gasteiger partial charge in [0, 0.05) is 71.2 Å². The second kappa shape index (κ2) is 22.4. The molecule has 5 saturated heterocycles. The van der Waals surface area contributed by atoms with E-state index in [1.165, 1.54) is 17.7 Å². The van der Waals surface area contributed by atoms with Crippen molar-refractivity contribution in [2.45, 2.75) is 127 Å². The first kappa shape index (κ1) is 54.2. The van der Waals surface area contributed by atoms with Crippen LogP contribution in [0, 0.1) is 11.6 Å². The van der Waals surface area contributed by atoms with Crippen molar-refractivity contribution in [1.29, 1.82) is 0 Å². The molecular formula is C58H69F2N9O10. The summed E-state index contributed by atoms with van der Waals surface area (Å²) in [7, 11) is 3.21. The molecule has 0 saturated carbocycles. The molecule has 2 N–H and O–H groups in total. The molecular weight excluding hydrogens is 1020 g/mol. The average molecular weight is 1090 g/mol. The summed E-state index contributed by atoms with van der Waals surface area (Å²) >= 11 is 0. The molecule has 3 amide bonds. The standard InChI is InChI=1S/C58H69F2N9O10/c1-5-40-43(59)14-13-36-28-39(79-34-75-4)29-41(47(36)40)49-48(60)50-42(30-61-49)52(67-23-8-20-57(2,74)32-67)64-54(63-50)78-33-58-21-9-24-68(58)37(17-22-58)31-77-56(73)66-25-18-38(19-26-66)76-27-7-11-35-10-6-12-44-51(35)65(3)55(72)69(44)45-15-16-46(70)62-53(45)71/h6,10,12-14,28-30,37-38,45,74H,5,7-9,11,15-27,31-34H2,1-4H3,(H,62,70,71)/t37-,45?,57+,58-/m0/s1. The van der Waals surface area contributed by atoms with Gasteiger partial charge < -0.3 is 38.6 Å². The predicted molar refractivity (Wildman–Crippen MR) is 290 cm³/mol. The molecule has 21 heteroatoms. The van der Waals surface area contributed by atoms with Gasteiger partial charge in [-0.25, -0.2) is 18.4 Å². The van der Waals surface area contributed by atoms with Crippen molar-refractivity contribution < 1.29 is 52.0 Å². The number of aliphatic hydroxyl groups is 1. The number of β-amino-alcohol motifs (C(OH)–C–C–N with tert-alkyl or cyclic N) is 1. The van der Waals surface area contributed by atoms with Gasteiger partial charge in [-0.1, -0.05) is 25.1 Å². The molecule has 3 aromatic carbocycles. The first-order chi connectivity index (χ1) is 38.2. The van der Waals surface area contributed by atoms with Crippen molar-refractivity contribution in [1.82, 2.24) is 39.2 Å². The third kappa shape index (κ3) is 10.6. The number of aryl methyl sites for hydroxylation is 3. The number of carbonyl (C=O) groups excluding carboxylic acids is 3. The molecule has 6 aromatic rings. The summed E-state index contributed by atoms with van der Waals surface area (Å²) in [4.78, 5) is 71.8. The van der Waals surface area contributed by atoms with E-state index >= 15 is 8.78 Å². The van der Waals surface area contributed by atoms with Crippen LogP contribution >= 0.6 is 0 Å². The minimum absolute atomic E-state index is 0.0100. The van der Waals surface area contributed by atoms with Crippen LogP contribution in [0.3, 0.4) is 0 Å². The smallest absolute Gasteiger partial charge is 0.409 e. The summed E-state index contributed by atoms with van der Waals surface area (Å²) in [5.74, 6) is -1.14. The predicted octanol–water partition coefficient (Wildman–Crippen LogP) is 7.28. The highest BCUT2D eigenvalue weighted by Crippen LogP contribution is 2.44. The number of amides is 3. The minimum atomic E-state index is -1.01. The molecule has 5 fully saturated rings. The van der Waals surface area contributed by atoms with Crippen LogP contribution in [0.1, 0.15) is 102 Å². The lowest BCUT2D eigenvalue weighted by molar-refractivity contribution is -0.135. The summed E-state index contributed by atoms with van der Waals surface area (Å²) in [5.41, 5.74) is 1.42. The number of nitrogens with one attached hydrogen (secondary N) is 1. The van der Waals surface area contributed by atoms with Gasteiger partial charge in [0.15, 0.2) is 12.6 Å². The Bertz CT molecular complexity index is 3380. The zero-order valence-electron chi connectivity index (χ0n) is 45.4. The van der Waals surface area contributed by atoms with Crippen LogP contribution in [0.15, 0.2) is 53.5 Å². The van der Waals surface area contributed by atoms with E-state index in [4.69, 9.17) is 33.7 Å². The van der Waals surface area contributed by atoms with E-state index in [1.807, 2.05) is 30.0 Å². The molecule has 0 spiro atoms. The van der Waals surface area contributed by atoms with Gasteiger partial charge in [0.05, 0.1) is 33.7 Å². The van der Waals surface area contributed by atoms with E-state index in [2.05, 4.69) is 15.2 Å². The van der Waals surface area contributed by atoms with Gasteiger partial charge in [-0.15, -0.1) is 0 Å². The number of anilines is 1. The zero-order valence-corrected chi connectivity index (χ0v) is 45.4. The number of fused-ring (bicyclic) bond motifs is 4. The van der Waals surface area contributed by atoms with E-state index < -0.39 is 29.2 Å². The molecule has 1 unspecified atom stereocenters. The Morgan fingerprint density at radius 1 is 0.962 bits per heavy atom. The van der Waals surface area contributed by atoms with Crippen LogP contribution in [0.25, 0.3) is 44.0 Å². The Labute approximate surface area is 456 Å². The average Bonchev–Trinajstić information content (AvgIpc) is 4.24. The molecule has 0 aliphatic carbocycles. The fourth-order valence-corrected chi connectivity index (χ4v) is 13.1. The van der Waals surface area contributed by atoms with Crippen LogP contribution in [0.5, 0.6) is 11.8 Å². The highest BCUT2D eigenvalue weighted by Gasteiger charge is 2.50. The fraction of sp³-hybridized carbons (Fsp3) is 0.534. The molecule has 0 bridgehead atoms. The number of rotatable bonds is 17. The lowest BCUT2D eigenvalue weighted by Gasteiger charge is -2.38. The molecule has 79 heavy (non-hydrogen) atoms. The highest BCUT2D eigenvalue weighted by molar-refractivity contribution is 6.02. The van der Waals surface area contributed by atoms with E-state index in [0.29, 0.717) is 116 Å². The summed E-state index contributed by atoms with van der Waals surface area (Å²) in [6, 6.07) is 11.4. The van der Waals surface area contributed by atoms with Gasteiger partial charge in [-0.2, -0.15) is 9.97 Å². The monoisotopic (exact) mass is 1090 g/mol. The Balaban J connectivity index is 0.728. The largest absolute Gasteiger partial charge is 0.468 e. The lowest BCUT2D eigenvalue weighted by atomic mass is 9.94. The third-order valence-electron chi connectivity index (χ3n) is 17.0. The van der Waals surface area contributed by atoms with E-state index in [-0.39, 0.29) is 92.0 Å². The Kier molecular flexibility index (Phi) is 15.3. The van der Waals surface area contributed by atoms with Gasteiger partial charge in [-0.3, -0.25) is 33.9 Å². The number of piperidine rings is 3. The minimum Gasteiger partial charge on any atom is -0.468 e. The number of likely N-dealkylation sites (tertiary alicyclic amines) is 1. The maximum atomic E-state index is 17.5. The number of para-hydroxylation sites is 1. The van der Waals surface area contributed by atoms with Crippen LogP contribution in [0.2, 0.25) is 0 Å². The molecule has 5 aliphatic heterocycles. The number of pyridine rings is 1. The topological polar surface area (TPSA) is 205 Å². The number of nitrogens with zero attached hydrogens (tertiary/aromatic N) is 8. The number of benzene rings is 3. The Morgan fingerprint density at radius 2 is 1.78 bits per heavy atom. The van der Waals surface area contributed by atoms with Crippen molar-refractivity contribution >= 4 is 56.4 Å². The summed E-state index contributed by atoms with van der Waals surface area (Å²) in [6.45, 7) is 7.18. The molecule has 3 aromatic heterocycles. The first-order valence-corrected chi connectivity index (χ1v) is 27.8. The Hall–Kier alpha value is -6.81. The number of hydrogen-bond donors (Lipinski definition) is 2. The molecule has 420 valence electrons. The van der Waals surface area contributed by atoms with E-state index in [0.717, 1.165) is 43.3 Å². The van der Waals surface area contributed by atoms with Gasteiger partial charge in [-0.05, 0) is 137 Å². The number of methoxy groups -OCH3 is 1. The molecule has 11 rings (SSSR count). The van der Waals surface area contributed by atoms with Crippen LogP contribution in [-0.4, -0.2) is 147 Å². The Morgan fingerprint density at radius 3 is 2.57 bits per heavy atom. The maximum absolute atomic E-state index is 17.5. The normalized spacial score (nSPS) is 23.0. The lowest BCUT2D eigenvalue weighted by Crippen LogP contribution is -2.48. The second-order valence-electron chi connectivity index (χ2n) is 22.2. The van der Waals surface area contributed by atoms with Crippen LogP contribution < -0.4 is 25.4 Å². The number of hydrogen-bond acceptors (Lipinski definition) is 15. The fourth-order valence-electron chi connectivity index (χ4n) is 13.1. The van der Waals surface area contributed by atoms with Crippen molar-refractivity contribution in [3.05, 3.63) is 81.9 Å². The first-order valence-electron chi connectivity index (χ1n) is 27.8.